The van der Waals surface area contributed by atoms with Crippen molar-refractivity contribution in [2.75, 3.05) is 40.0 Å². The number of hydrogen-bond donors (Lipinski definition) is 3. The number of hydrazone groups is 1. The van der Waals surface area contributed by atoms with E-state index >= 15 is 0 Å². The van der Waals surface area contributed by atoms with Crippen molar-refractivity contribution in [2.45, 2.75) is 58.6 Å². The van der Waals surface area contributed by atoms with E-state index in [0.717, 1.165) is 12.0 Å². The highest BCUT2D eigenvalue weighted by atomic mass is 35.5. The Balaban J connectivity index is 1.89. The van der Waals surface area contributed by atoms with E-state index in [1.807, 2.05) is 6.92 Å². The van der Waals surface area contributed by atoms with Gasteiger partial charge in [-0.25, -0.2) is 9.59 Å². The van der Waals surface area contributed by atoms with Crippen molar-refractivity contribution in [1.29, 1.82) is 0 Å². The van der Waals surface area contributed by atoms with E-state index in [0.29, 0.717) is 35.0 Å². The number of rotatable bonds is 9. The second kappa shape index (κ2) is 14.5. The van der Waals surface area contributed by atoms with Crippen LogP contribution < -0.4 is 21.1 Å². The highest BCUT2D eigenvalue weighted by molar-refractivity contribution is 6.30. The van der Waals surface area contributed by atoms with Crippen LogP contribution >= 0.6 is 11.6 Å². The third-order valence-electron chi connectivity index (χ3n) is 6.72. The number of amidine groups is 1. The first kappa shape index (κ1) is 33.5. The fourth-order valence-electron chi connectivity index (χ4n) is 4.80. The van der Waals surface area contributed by atoms with Gasteiger partial charge in [0.25, 0.3) is 0 Å². The van der Waals surface area contributed by atoms with Gasteiger partial charge in [-0.05, 0) is 75.1 Å². The predicted octanol–water partition coefficient (Wildman–Crippen LogP) is 4.60. The summed E-state index contributed by atoms with van der Waals surface area (Å²) in [7, 11) is 5.09. The molecule has 2 unspecified atom stereocenters. The Morgan fingerprint density at radius 3 is 2.56 bits per heavy atom. The van der Waals surface area contributed by atoms with E-state index in [1.165, 1.54) is 4.90 Å². The topological polar surface area (TPSA) is 139 Å². The van der Waals surface area contributed by atoms with Crippen molar-refractivity contribution in [3.05, 3.63) is 58.1 Å². The zero-order valence-corrected chi connectivity index (χ0v) is 26.7. The Morgan fingerprint density at radius 2 is 1.95 bits per heavy atom. The standard InChI is InChI=1S/C31H43ClN6O5/c1-8-9-25(19-10-12-23(24(33)16-19)29(40)43-31(2,3)4)35-30(41)38-18-27(36-37(5)6)34-17-21(28(38)39)14-20-15-22(32)11-13-26(20)42-7/h10-13,15-16,21,25H,8-9,14,17-18,33H2,1-7H3,(H,34,36)(H,35,41). The lowest BCUT2D eigenvalue weighted by molar-refractivity contribution is -0.131. The molecule has 1 aliphatic heterocycles. The summed E-state index contributed by atoms with van der Waals surface area (Å²) < 4.78 is 11.0. The number of nitrogens with one attached hydrogen (secondary N) is 2. The van der Waals surface area contributed by atoms with Crippen molar-refractivity contribution < 1.29 is 23.9 Å². The van der Waals surface area contributed by atoms with Crippen LogP contribution in [0.2, 0.25) is 5.02 Å². The van der Waals surface area contributed by atoms with Crippen LogP contribution in [0.3, 0.4) is 0 Å². The van der Waals surface area contributed by atoms with Crippen LogP contribution in [0.25, 0.3) is 0 Å². The molecule has 2 atom stereocenters. The highest BCUT2D eigenvalue weighted by Gasteiger charge is 2.35. The van der Waals surface area contributed by atoms with Crippen LogP contribution in [0.4, 0.5) is 10.5 Å². The molecule has 1 saturated heterocycles. The van der Waals surface area contributed by atoms with E-state index in [4.69, 9.17) is 26.8 Å². The predicted molar refractivity (Wildman–Crippen MR) is 168 cm³/mol. The molecular formula is C31H43ClN6O5. The number of nitrogens with zero attached hydrogens (tertiary/aromatic N) is 3. The summed E-state index contributed by atoms with van der Waals surface area (Å²) >= 11 is 6.24. The number of halogens is 1. The van der Waals surface area contributed by atoms with Crippen molar-refractivity contribution in [2.24, 2.45) is 11.0 Å². The molecule has 2 aromatic rings. The summed E-state index contributed by atoms with van der Waals surface area (Å²) in [6, 6.07) is 9.23. The molecule has 11 nitrogen and oxygen atoms in total. The summed E-state index contributed by atoms with van der Waals surface area (Å²) in [6.07, 6.45) is 1.63. The van der Waals surface area contributed by atoms with Gasteiger partial charge in [0, 0.05) is 31.4 Å². The molecule has 0 spiro atoms. The molecule has 3 amide bonds. The third-order valence-corrected chi connectivity index (χ3v) is 6.96. The first-order valence-corrected chi connectivity index (χ1v) is 14.7. The van der Waals surface area contributed by atoms with Crippen molar-refractivity contribution in [1.82, 2.24) is 20.5 Å². The number of hydrogen-bond acceptors (Lipinski definition) is 8. The molecule has 3 rings (SSSR count). The Hall–Kier alpha value is -3.99. The molecule has 234 valence electrons. The van der Waals surface area contributed by atoms with Crippen LogP contribution in [0.5, 0.6) is 5.75 Å². The van der Waals surface area contributed by atoms with Gasteiger partial charge in [-0.3, -0.25) is 9.69 Å². The molecule has 0 bridgehead atoms. The first-order chi connectivity index (χ1) is 20.2. The van der Waals surface area contributed by atoms with Crippen molar-refractivity contribution in [3.63, 3.8) is 0 Å². The molecule has 1 heterocycles. The molecule has 1 aliphatic rings. The molecule has 0 aliphatic carbocycles. The number of methoxy groups -OCH3 is 1. The second-order valence-electron chi connectivity index (χ2n) is 11.7. The summed E-state index contributed by atoms with van der Waals surface area (Å²) in [5.41, 5.74) is 7.55. The number of amides is 3. The first-order valence-electron chi connectivity index (χ1n) is 14.3. The van der Waals surface area contributed by atoms with Crippen LogP contribution in [0, 0.1) is 5.92 Å². The van der Waals surface area contributed by atoms with E-state index in [1.54, 1.807) is 83.4 Å². The van der Waals surface area contributed by atoms with Crippen molar-refractivity contribution >= 4 is 41.0 Å². The maximum atomic E-state index is 13.9. The van der Waals surface area contributed by atoms with Crippen LogP contribution in [0.15, 0.2) is 41.5 Å². The van der Waals surface area contributed by atoms with Gasteiger partial charge in [0.1, 0.15) is 17.2 Å². The van der Waals surface area contributed by atoms with Gasteiger partial charge in [0.15, 0.2) is 0 Å². The molecule has 0 radical (unpaired) electrons. The molecule has 43 heavy (non-hydrogen) atoms. The molecule has 12 heteroatoms. The minimum atomic E-state index is -0.667. The summed E-state index contributed by atoms with van der Waals surface area (Å²) in [5.74, 6) is -0.389. The Labute approximate surface area is 258 Å². The quantitative estimate of drug-likeness (QED) is 0.212. The third kappa shape index (κ3) is 9.25. The number of carbonyl (C=O) groups is 3. The summed E-state index contributed by atoms with van der Waals surface area (Å²) in [5, 5.41) is 12.8. The highest BCUT2D eigenvalue weighted by Crippen LogP contribution is 2.28. The minimum absolute atomic E-state index is 0.0371. The Kier molecular flexibility index (Phi) is 11.3. The van der Waals surface area contributed by atoms with Crippen LogP contribution in [0.1, 0.15) is 68.1 Å². The molecule has 0 saturated carbocycles. The zero-order chi connectivity index (χ0) is 31.9. The molecular weight excluding hydrogens is 572 g/mol. The lowest BCUT2D eigenvalue weighted by Gasteiger charge is -2.27. The fourth-order valence-corrected chi connectivity index (χ4v) is 4.99. The largest absolute Gasteiger partial charge is 0.496 e. The van der Waals surface area contributed by atoms with Gasteiger partial charge in [0.2, 0.25) is 5.91 Å². The maximum absolute atomic E-state index is 13.9. The monoisotopic (exact) mass is 614 g/mol. The van der Waals surface area contributed by atoms with Gasteiger partial charge < -0.3 is 30.8 Å². The number of carbonyl (C=O) groups excluding carboxylic acids is 3. The lowest BCUT2D eigenvalue weighted by Crippen LogP contribution is -2.48. The number of benzene rings is 2. The second-order valence-corrected chi connectivity index (χ2v) is 12.1. The Bertz CT molecular complexity index is 1360. The van der Waals surface area contributed by atoms with Gasteiger partial charge in [-0.1, -0.05) is 31.0 Å². The lowest BCUT2D eigenvalue weighted by atomic mass is 9.97. The fraction of sp³-hybridized carbons (Fsp3) is 0.484. The van der Waals surface area contributed by atoms with E-state index < -0.39 is 29.6 Å². The molecule has 1 fully saturated rings. The van der Waals surface area contributed by atoms with Crippen LogP contribution in [-0.2, 0) is 16.0 Å². The van der Waals surface area contributed by atoms with Gasteiger partial charge >= 0.3 is 12.0 Å². The average molecular weight is 615 g/mol. The smallest absolute Gasteiger partial charge is 0.340 e. The Morgan fingerprint density at radius 1 is 1.23 bits per heavy atom. The van der Waals surface area contributed by atoms with Gasteiger partial charge in [-0.15, -0.1) is 0 Å². The van der Waals surface area contributed by atoms with E-state index in [2.05, 4.69) is 15.7 Å². The zero-order valence-electron chi connectivity index (χ0n) is 26.0. The number of nitrogen functional groups attached to an aromatic ring is 1. The molecule has 2 aromatic carbocycles. The van der Waals surface area contributed by atoms with Crippen LogP contribution in [-0.4, -0.2) is 73.5 Å². The van der Waals surface area contributed by atoms with Crippen molar-refractivity contribution in [3.8, 4) is 5.75 Å². The number of imide groups is 1. The molecule has 4 N–H and O–H groups in total. The summed E-state index contributed by atoms with van der Waals surface area (Å²) in [4.78, 5) is 41.5. The number of esters is 1. The normalized spacial score (nSPS) is 17.1. The average Bonchev–Trinajstić information content (AvgIpc) is 3.06. The van der Waals surface area contributed by atoms with Gasteiger partial charge in [0.05, 0.1) is 31.2 Å². The number of urea groups is 1. The minimum Gasteiger partial charge on any atom is -0.496 e. The number of nitrogens with two attached hydrogens (primary N) is 1. The van der Waals surface area contributed by atoms with E-state index in [-0.39, 0.29) is 30.2 Å². The number of ether oxygens (including phenoxy) is 2. The van der Waals surface area contributed by atoms with Gasteiger partial charge in [-0.2, -0.15) is 5.10 Å². The van der Waals surface area contributed by atoms with E-state index in [9.17, 15) is 14.4 Å². The summed E-state index contributed by atoms with van der Waals surface area (Å²) in [6.45, 7) is 7.58. The SMILES string of the molecule is CCCC(NC(=O)N1C/C(=N/N(C)C)NCC(Cc2cc(Cl)ccc2OC)C1=O)c1ccc(C(=O)OC(C)(C)C)c(N)c1. The maximum Gasteiger partial charge on any atom is 0.340 e. The molecule has 0 aromatic heterocycles. The number of anilines is 1.